The molecule has 0 atom stereocenters. The third kappa shape index (κ3) is 3.56. The van der Waals surface area contributed by atoms with E-state index >= 15 is 0 Å². The molecule has 0 N–H and O–H groups in total. The Hall–Kier alpha value is -0.830. The zero-order valence-corrected chi connectivity index (χ0v) is 11.3. The molecule has 1 nitrogen and oxygen atoms in total. The van der Waals surface area contributed by atoms with Crippen LogP contribution in [0, 0.1) is 0 Å². The van der Waals surface area contributed by atoms with E-state index in [4.69, 9.17) is 23.2 Å². The number of hydrogen-bond donors (Lipinski definition) is 0. The fraction of sp³-hybridized carbons (Fsp3) is 0.154. The van der Waals surface area contributed by atoms with E-state index in [0.29, 0.717) is 22.9 Å². The second-order valence-corrected chi connectivity index (χ2v) is 5.38. The van der Waals surface area contributed by atoms with Gasteiger partial charge in [-0.1, -0.05) is 23.2 Å². The zero-order chi connectivity index (χ0) is 12.3. The standard InChI is InChI=1S/C13H10Cl2OS/c14-11-1-2-13(15)10(6-11)7-12(16)5-9-3-4-17-8-9/h1-4,6,8H,5,7H2. The minimum absolute atomic E-state index is 0.146. The molecule has 0 amide bonds. The SMILES string of the molecule is O=C(Cc1ccsc1)Cc1cc(Cl)ccc1Cl. The molecular formula is C13H10Cl2OS. The number of carbonyl (C=O) groups is 1. The van der Waals surface area contributed by atoms with Gasteiger partial charge in [0.2, 0.25) is 0 Å². The third-order valence-electron chi connectivity index (χ3n) is 2.38. The van der Waals surface area contributed by atoms with Crippen molar-refractivity contribution in [2.45, 2.75) is 12.8 Å². The lowest BCUT2D eigenvalue weighted by Crippen LogP contribution is -2.06. The van der Waals surface area contributed by atoms with Gasteiger partial charge in [0.05, 0.1) is 0 Å². The van der Waals surface area contributed by atoms with Crippen LogP contribution in [0.4, 0.5) is 0 Å². The van der Waals surface area contributed by atoms with Crippen molar-refractivity contribution in [1.82, 2.24) is 0 Å². The smallest absolute Gasteiger partial charge is 0.141 e. The highest BCUT2D eigenvalue weighted by Crippen LogP contribution is 2.21. The summed E-state index contributed by atoms with van der Waals surface area (Å²) in [5.41, 5.74) is 1.84. The largest absolute Gasteiger partial charge is 0.299 e. The van der Waals surface area contributed by atoms with Gasteiger partial charge >= 0.3 is 0 Å². The normalized spacial score (nSPS) is 10.5. The van der Waals surface area contributed by atoms with Gasteiger partial charge in [0.25, 0.3) is 0 Å². The summed E-state index contributed by atoms with van der Waals surface area (Å²) >= 11 is 13.5. The summed E-state index contributed by atoms with van der Waals surface area (Å²) in [6.07, 6.45) is 0.779. The number of ketones is 1. The lowest BCUT2D eigenvalue weighted by molar-refractivity contribution is -0.117. The highest BCUT2D eigenvalue weighted by atomic mass is 35.5. The van der Waals surface area contributed by atoms with Crippen molar-refractivity contribution in [2.24, 2.45) is 0 Å². The molecule has 1 heterocycles. The lowest BCUT2D eigenvalue weighted by Gasteiger charge is -2.03. The van der Waals surface area contributed by atoms with Gasteiger partial charge in [-0.25, -0.2) is 0 Å². The van der Waals surface area contributed by atoms with Crippen molar-refractivity contribution >= 4 is 40.3 Å². The van der Waals surface area contributed by atoms with Crippen molar-refractivity contribution in [3.05, 3.63) is 56.2 Å². The Balaban J connectivity index is 2.05. The van der Waals surface area contributed by atoms with Crippen LogP contribution in [0.15, 0.2) is 35.0 Å². The molecule has 2 aromatic rings. The third-order valence-corrected chi connectivity index (χ3v) is 3.71. The summed E-state index contributed by atoms with van der Waals surface area (Å²) in [4.78, 5) is 11.8. The molecule has 0 saturated heterocycles. The number of benzene rings is 1. The average Bonchev–Trinajstić information content (AvgIpc) is 2.76. The predicted molar refractivity (Wildman–Crippen MR) is 73.2 cm³/mol. The van der Waals surface area contributed by atoms with Gasteiger partial charge in [-0.3, -0.25) is 4.79 Å². The van der Waals surface area contributed by atoms with Gasteiger partial charge in [-0.15, -0.1) is 0 Å². The molecule has 0 aliphatic heterocycles. The Morgan fingerprint density at radius 2 is 2.00 bits per heavy atom. The number of carbonyl (C=O) groups excluding carboxylic acids is 1. The molecule has 1 aromatic heterocycles. The Morgan fingerprint density at radius 1 is 1.18 bits per heavy atom. The molecule has 4 heteroatoms. The highest BCUT2D eigenvalue weighted by Gasteiger charge is 2.09. The molecule has 1 aromatic carbocycles. The molecule has 0 spiro atoms. The minimum atomic E-state index is 0.146. The number of Topliss-reactive ketones (excluding diaryl/α,β-unsaturated/α-hetero) is 1. The van der Waals surface area contributed by atoms with Crippen LogP contribution in [0.25, 0.3) is 0 Å². The van der Waals surface area contributed by atoms with Crippen LogP contribution in [0.3, 0.4) is 0 Å². The first-order chi connectivity index (χ1) is 8.15. The van der Waals surface area contributed by atoms with Crippen LogP contribution in [0.5, 0.6) is 0 Å². The number of thiophene rings is 1. The van der Waals surface area contributed by atoms with Crippen molar-refractivity contribution in [2.75, 3.05) is 0 Å². The molecule has 0 bridgehead atoms. The van der Waals surface area contributed by atoms with E-state index in [9.17, 15) is 4.79 Å². The molecule has 17 heavy (non-hydrogen) atoms. The number of rotatable bonds is 4. The van der Waals surface area contributed by atoms with Crippen LogP contribution < -0.4 is 0 Å². The second kappa shape index (κ2) is 5.67. The van der Waals surface area contributed by atoms with Gasteiger partial charge in [-0.05, 0) is 46.2 Å². The monoisotopic (exact) mass is 284 g/mol. The first-order valence-electron chi connectivity index (χ1n) is 5.12. The van der Waals surface area contributed by atoms with E-state index in [1.165, 1.54) is 0 Å². The molecule has 0 radical (unpaired) electrons. The molecule has 0 saturated carbocycles. The minimum Gasteiger partial charge on any atom is -0.299 e. The first-order valence-corrected chi connectivity index (χ1v) is 6.82. The van der Waals surface area contributed by atoms with Crippen LogP contribution in [-0.4, -0.2) is 5.78 Å². The first kappa shape index (κ1) is 12.6. The molecule has 0 aliphatic carbocycles. The summed E-state index contributed by atoms with van der Waals surface area (Å²) in [7, 11) is 0. The van der Waals surface area contributed by atoms with Gasteiger partial charge in [-0.2, -0.15) is 11.3 Å². The Kier molecular flexibility index (Phi) is 4.21. The van der Waals surface area contributed by atoms with E-state index in [1.54, 1.807) is 29.5 Å². The van der Waals surface area contributed by atoms with Crippen LogP contribution >= 0.6 is 34.5 Å². The Labute approximate surface area is 114 Å². The Morgan fingerprint density at radius 3 is 2.71 bits per heavy atom. The van der Waals surface area contributed by atoms with Gasteiger partial charge in [0.1, 0.15) is 5.78 Å². The lowest BCUT2D eigenvalue weighted by atomic mass is 10.0. The summed E-state index contributed by atoms with van der Waals surface area (Å²) < 4.78 is 0. The van der Waals surface area contributed by atoms with Crippen molar-refractivity contribution in [3.63, 3.8) is 0 Å². The summed E-state index contributed by atoms with van der Waals surface area (Å²) in [6, 6.07) is 7.14. The quantitative estimate of drug-likeness (QED) is 0.813. The number of hydrogen-bond acceptors (Lipinski definition) is 2. The van der Waals surface area contributed by atoms with E-state index < -0.39 is 0 Å². The topological polar surface area (TPSA) is 17.1 Å². The van der Waals surface area contributed by atoms with Gasteiger partial charge < -0.3 is 0 Å². The molecular weight excluding hydrogens is 275 g/mol. The summed E-state index contributed by atoms with van der Waals surface area (Å²) in [6.45, 7) is 0. The molecule has 88 valence electrons. The van der Waals surface area contributed by atoms with Gasteiger partial charge in [0, 0.05) is 22.9 Å². The highest BCUT2D eigenvalue weighted by molar-refractivity contribution is 7.08. The van der Waals surface area contributed by atoms with Crippen LogP contribution in [0.1, 0.15) is 11.1 Å². The predicted octanol–water partition coefficient (Wildman–Crippen LogP) is 4.41. The maximum absolute atomic E-state index is 11.8. The molecule has 0 aliphatic rings. The van der Waals surface area contributed by atoms with Crippen LogP contribution in [0.2, 0.25) is 10.0 Å². The van der Waals surface area contributed by atoms with Crippen molar-refractivity contribution < 1.29 is 4.79 Å². The fourth-order valence-corrected chi connectivity index (χ4v) is 2.62. The molecule has 0 fully saturated rings. The average molecular weight is 285 g/mol. The maximum atomic E-state index is 11.8. The number of halogens is 2. The molecule has 0 unspecified atom stereocenters. The van der Waals surface area contributed by atoms with Crippen molar-refractivity contribution in [1.29, 1.82) is 0 Å². The fourth-order valence-electron chi connectivity index (χ4n) is 1.57. The Bertz CT molecular complexity index is 520. The second-order valence-electron chi connectivity index (χ2n) is 3.76. The molecule has 2 rings (SSSR count). The van der Waals surface area contributed by atoms with Gasteiger partial charge in [0.15, 0.2) is 0 Å². The van der Waals surface area contributed by atoms with Crippen LogP contribution in [-0.2, 0) is 17.6 Å². The summed E-state index contributed by atoms with van der Waals surface area (Å²) in [5.74, 6) is 0.146. The summed E-state index contributed by atoms with van der Waals surface area (Å²) in [5, 5.41) is 5.15. The zero-order valence-electron chi connectivity index (χ0n) is 8.95. The van der Waals surface area contributed by atoms with E-state index in [1.807, 2.05) is 16.8 Å². The van der Waals surface area contributed by atoms with Crippen molar-refractivity contribution in [3.8, 4) is 0 Å². The van der Waals surface area contributed by atoms with E-state index in [2.05, 4.69) is 0 Å². The van der Waals surface area contributed by atoms with E-state index in [-0.39, 0.29) is 5.78 Å². The van der Waals surface area contributed by atoms with E-state index in [0.717, 1.165) is 11.1 Å². The maximum Gasteiger partial charge on any atom is 0.141 e.